The van der Waals surface area contributed by atoms with Crippen molar-refractivity contribution in [1.82, 2.24) is 25.9 Å². The SMILES string of the molecule is CC(C)[C@H](NC(=O)OCc1csc(N2CCOCC2)n1)C(=O)N[C@@H](Cc1ccccc1)[C@@H](O)C[C@H](Cc1ccccc1)NC(=O)OCc1cccnc1. The monoisotopic (exact) mass is 744 g/mol. The maximum atomic E-state index is 13.8. The fourth-order valence-corrected chi connectivity index (χ4v) is 6.78. The second kappa shape index (κ2) is 20.3. The minimum absolute atomic E-state index is 0.0399. The van der Waals surface area contributed by atoms with E-state index < -0.39 is 42.3 Å². The van der Waals surface area contributed by atoms with E-state index in [1.807, 2.05) is 86.0 Å². The second-order valence-electron chi connectivity index (χ2n) is 13.2. The Kier molecular flexibility index (Phi) is 15.0. The molecule has 0 aliphatic carbocycles. The van der Waals surface area contributed by atoms with Crippen LogP contribution in [0.4, 0.5) is 14.7 Å². The molecule has 1 aliphatic heterocycles. The normalized spacial score (nSPS) is 15.1. The number of carbonyl (C=O) groups excluding carboxylic acids is 3. The van der Waals surface area contributed by atoms with Crippen LogP contribution in [0.15, 0.2) is 90.6 Å². The largest absolute Gasteiger partial charge is 0.445 e. The van der Waals surface area contributed by atoms with Gasteiger partial charge in [-0.2, -0.15) is 0 Å². The summed E-state index contributed by atoms with van der Waals surface area (Å²) in [6.45, 7) is 6.42. The zero-order valence-electron chi connectivity index (χ0n) is 30.1. The topological polar surface area (TPSA) is 164 Å². The number of aliphatic hydroxyl groups is 1. The Bertz CT molecular complexity index is 1710. The van der Waals surface area contributed by atoms with E-state index in [0.29, 0.717) is 31.7 Å². The van der Waals surface area contributed by atoms with Crippen LogP contribution in [0, 0.1) is 5.92 Å². The van der Waals surface area contributed by atoms with E-state index >= 15 is 0 Å². The fourth-order valence-electron chi connectivity index (χ4n) is 5.92. The van der Waals surface area contributed by atoms with Crippen molar-refractivity contribution in [2.45, 2.75) is 70.6 Å². The summed E-state index contributed by atoms with van der Waals surface area (Å²) in [5.74, 6) is -0.769. The third-order valence-corrected chi connectivity index (χ3v) is 9.70. The first-order chi connectivity index (χ1) is 25.7. The summed E-state index contributed by atoms with van der Waals surface area (Å²) >= 11 is 1.48. The van der Waals surface area contributed by atoms with Gasteiger partial charge in [0.15, 0.2) is 5.13 Å². The van der Waals surface area contributed by atoms with Crippen LogP contribution in [-0.4, -0.2) is 83.7 Å². The minimum Gasteiger partial charge on any atom is -0.445 e. The van der Waals surface area contributed by atoms with Gasteiger partial charge >= 0.3 is 12.2 Å². The number of ether oxygens (including phenoxy) is 3. The summed E-state index contributed by atoms with van der Waals surface area (Å²) in [4.78, 5) is 50.5. The molecule has 14 heteroatoms. The average molecular weight is 745 g/mol. The molecule has 3 amide bonds. The summed E-state index contributed by atoms with van der Waals surface area (Å²) in [5, 5.41) is 23.1. The van der Waals surface area contributed by atoms with Gasteiger partial charge in [0.1, 0.15) is 19.3 Å². The Morgan fingerprint density at radius 3 is 2.15 bits per heavy atom. The van der Waals surface area contributed by atoms with Crippen LogP contribution in [0.3, 0.4) is 0 Å². The standard InChI is InChI=1S/C39H48N6O7S/c1-27(2)35(44-39(49)52-25-32-26-53-37(41-32)45-16-18-50-19-17-45)36(47)43-33(21-29-12-7-4-8-13-29)34(46)22-31(20-28-10-5-3-6-11-28)42-38(48)51-24-30-14-9-15-40-23-30/h3-15,23,26-27,31,33-35,46H,16-22,24-25H2,1-2H3,(H,42,48)(H,43,47)(H,44,49)/t31-,33-,34-,35-/m0/s1. The summed E-state index contributed by atoms with van der Waals surface area (Å²) in [6.07, 6.45) is 1.62. The average Bonchev–Trinajstić information content (AvgIpc) is 3.66. The molecule has 1 saturated heterocycles. The maximum Gasteiger partial charge on any atom is 0.408 e. The molecule has 4 atom stereocenters. The van der Waals surface area contributed by atoms with Crippen molar-refractivity contribution < 1.29 is 33.7 Å². The minimum atomic E-state index is -1.09. The molecule has 2 aromatic carbocycles. The van der Waals surface area contributed by atoms with Crippen molar-refractivity contribution in [2.75, 3.05) is 31.2 Å². The third kappa shape index (κ3) is 12.8. The van der Waals surface area contributed by atoms with Crippen LogP contribution in [0.2, 0.25) is 0 Å². The van der Waals surface area contributed by atoms with E-state index in [4.69, 9.17) is 14.2 Å². The van der Waals surface area contributed by atoms with Crippen LogP contribution >= 0.6 is 11.3 Å². The van der Waals surface area contributed by atoms with Gasteiger partial charge in [-0.25, -0.2) is 14.6 Å². The number of benzene rings is 2. The second-order valence-corrected chi connectivity index (χ2v) is 14.1. The zero-order valence-corrected chi connectivity index (χ0v) is 30.9. The van der Waals surface area contributed by atoms with Crippen LogP contribution in [0.1, 0.15) is 42.7 Å². The van der Waals surface area contributed by atoms with E-state index in [9.17, 15) is 19.5 Å². The number of hydrogen-bond donors (Lipinski definition) is 4. The van der Waals surface area contributed by atoms with Crippen molar-refractivity contribution in [3.8, 4) is 0 Å². The maximum absolute atomic E-state index is 13.8. The van der Waals surface area contributed by atoms with Gasteiger partial charge in [-0.1, -0.05) is 80.6 Å². The number of morpholine rings is 1. The predicted octanol–water partition coefficient (Wildman–Crippen LogP) is 4.64. The Labute approximate surface area is 314 Å². The molecule has 2 aromatic heterocycles. The highest BCUT2D eigenvalue weighted by molar-refractivity contribution is 7.13. The molecule has 3 heterocycles. The van der Waals surface area contributed by atoms with E-state index in [1.54, 1.807) is 18.5 Å². The van der Waals surface area contributed by atoms with Crippen LogP contribution < -0.4 is 20.9 Å². The molecule has 5 rings (SSSR count). The molecule has 0 spiro atoms. The quantitative estimate of drug-likeness (QED) is 0.120. The number of carbonyl (C=O) groups is 3. The molecule has 1 aliphatic rings. The number of nitrogens with zero attached hydrogens (tertiary/aromatic N) is 3. The highest BCUT2D eigenvalue weighted by atomic mass is 32.1. The number of anilines is 1. The lowest BCUT2D eigenvalue weighted by Crippen LogP contribution is -2.56. The summed E-state index contributed by atoms with van der Waals surface area (Å²) in [7, 11) is 0. The fraction of sp³-hybridized carbons (Fsp3) is 0.410. The molecule has 0 saturated carbocycles. The summed E-state index contributed by atoms with van der Waals surface area (Å²) < 4.78 is 16.3. The zero-order chi connectivity index (χ0) is 37.4. The Balaban J connectivity index is 1.23. The van der Waals surface area contributed by atoms with Gasteiger partial charge in [0.05, 0.1) is 31.1 Å². The molecular formula is C39H48N6O7S. The summed E-state index contributed by atoms with van der Waals surface area (Å²) in [6, 6.07) is 20.4. The molecule has 53 heavy (non-hydrogen) atoms. The van der Waals surface area contributed by atoms with Crippen LogP contribution in [-0.2, 0) is 45.1 Å². The molecule has 0 bridgehead atoms. The first-order valence-corrected chi connectivity index (χ1v) is 18.7. The molecule has 4 N–H and O–H groups in total. The number of amides is 3. The van der Waals surface area contributed by atoms with Crippen LogP contribution in [0.25, 0.3) is 0 Å². The molecular weight excluding hydrogens is 697 g/mol. The number of rotatable bonds is 17. The van der Waals surface area contributed by atoms with Crippen molar-refractivity contribution >= 4 is 34.6 Å². The van der Waals surface area contributed by atoms with Crippen molar-refractivity contribution in [3.63, 3.8) is 0 Å². The lowest BCUT2D eigenvalue weighted by atomic mass is 9.93. The Morgan fingerprint density at radius 2 is 1.49 bits per heavy atom. The Morgan fingerprint density at radius 1 is 0.849 bits per heavy atom. The van der Waals surface area contributed by atoms with Gasteiger partial charge in [0.25, 0.3) is 0 Å². The van der Waals surface area contributed by atoms with E-state index in [1.165, 1.54) is 11.3 Å². The van der Waals surface area contributed by atoms with E-state index in [0.717, 1.165) is 34.9 Å². The van der Waals surface area contributed by atoms with Gasteiger partial charge in [0, 0.05) is 42.5 Å². The highest BCUT2D eigenvalue weighted by Crippen LogP contribution is 2.22. The Hall–Kier alpha value is -5.05. The van der Waals surface area contributed by atoms with Gasteiger partial charge < -0.3 is 40.2 Å². The van der Waals surface area contributed by atoms with Crippen molar-refractivity contribution in [3.05, 3.63) is 113 Å². The van der Waals surface area contributed by atoms with Crippen LogP contribution in [0.5, 0.6) is 0 Å². The molecule has 4 aromatic rings. The third-order valence-electron chi connectivity index (χ3n) is 8.75. The number of hydrogen-bond acceptors (Lipinski definition) is 11. The van der Waals surface area contributed by atoms with E-state index in [-0.39, 0.29) is 25.6 Å². The lowest BCUT2D eigenvalue weighted by Gasteiger charge is -2.30. The lowest BCUT2D eigenvalue weighted by molar-refractivity contribution is -0.125. The van der Waals surface area contributed by atoms with Gasteiger partial charge in [-0.15, -0.1) is 11.3 Å². The molecule has 282 valence electrons. The number of aliphatic hydroxyl groups excluding tert-OH is 1. The molecule has 0 unspecified atom stereocenters. The number of thiazole rings is 1. The van der Waals surface area contributed by atoms with E-state index in [2.05, 4.69) is 30.8 Å². The van der Waals surface area contributed by atoms with Gasteiger partial charge in [-0.3, -0.25) is 9.78 Å². The smallest absolute Gasteiger partial charge is 0.408 e. The number of alkyl carbamates (subject to hydrolysis) is 2. The number of nitrogens with one attached hydrogen (secondary N) is 3. The number of pyridine rings is 1. The molecule has 13 nitrogen and oxygen atoms in total. The van der Waals surface area contributed by atoms with Crippen molar-refractivity contribution in [2.24, 2.45) is 5.92 Å². The summed E-state index contributed by atoms with van der Waals surface area (Å²) in [5.41, 5.74) is 3.21. The first-order valence-electron chi connectivity index (χ1n) is 17.8. The predicted molar refractivity (Wildman–Crippen MR) is 201 cm³/mol. The molecule has 0 radical (unpaired) electrons. The number of aromatic nitrogens is 2. The van der Waals surface area contributed by atoms with Crippen molar-refractivity contribution in [1.29, 1.82) is 0 Å². The van der Waals surface area contributed by atoms with Gasteiger partial charge in [0.2, 0.25) is 5.91 Å². The highest BCUT2D eigenvalue weighted by Gasteiger charge is 2.31. The van der Waals surface area contributed by atoms with Gasteiger partial charge in [-0.05, 0) is 42.4 Å². The molecule has 1 fully saturated rings. The first kappa shape index (κ1) is 39.2.